The van der Waals surface area contributed by atoms with Gasteiger partial charge in [0.05, 0.1) is 12.8 Å². The van der Waals surface area contributed by atoms with Crippen LogP contribution in [-0.2, 0) is 0 Å². The normalized spacial score (nSPS) is 18.9. The highest BCUT2D eigenvalue weighted by molar-refractivity contribution is 5.38. The molecule has 1 aliphatic heterocycles. The van der Waals surface area contributed by atoms with Crippen LogP contribution in [0.2, 0.25) is 0 Å². The van der Waals surface area contributed by atoms with Gasteiger partial charge in [-0.1, -0.05) is 0 Å². The van der Waals surface area contributed by atoms with E-state index in [9.17, 15) is 4.79 Å². The van der Waals surface area contributed by atoms with Gasteiger partial charge in [0.1, 0.15) is 11.6 Å². The van der Waals surface area contributed by atoms with Gasteiger partial charge in [-0.2, -0.15) is 5.10 Å². The number of hydrogen-bond acceptors (Lipinski definition) is 4. The standard InChI is InChI=1S/C14H18N4O2/c1-20-12-6-4-11(5-7-12)18-13(16-17-14(18)19)10-3-2-8-15-9-10/h4-7,10,15H,2-3,8-9H2,1H3,(H,17,19). The van der Waals surface area contributed by atoms with E-state index in [-0.39, 0.29) is 11.6 Å². The Kier molecular flexibility index (Phi) is 3.56. The molecule has 0 radical (unpaired) electrons. The third kappa shape index (κ3) is 2.34. The Hall–Kier alpha value is -2.08. The minimum atomic E-state index is -0.198. The number of ether oxygens (including phenoxy) is 1. The molecule has 1 unspecified atom stereocenters. The fourth-order valence-electron chi connectivity index (χ4n) is 2.64. The predicted octanol–water partition coefficient (Wildman–Crippen LogP) is 1.04. The van der Waals surface area contributed by atoms with Gasteiger partial charge in [0, 0.05) is 12.5 Å². The van der Waals surface area contributed by atoms with Crippen molar-refractivity contribution in [2.45, 2.75) is 18.8 Å². The maximum atomic E-state index is 12.0. The van der Waals surface area contributed by atoms with Crippen molar-refractivity contribution in [3.05, 3.63) is 40.6 Å². The number of hydrogen-bond donors (Lipinski definition) is 2. The minimum Gasteiger partial charge on any atom is -0.497 e. The lowest BCUT2D eigenvalue weighted by molar-refractivity contribution is 0.414. The van der Waals surface area contributed by atoms with Crippen molar-refractivity contribution in [3.63, 3.8) is 0 Å². The molecular formula is C14H18N4O2. The summed E-state index contributed by atoms with van der Waals surface area (Å²) in [5.74, 6) is 1.84. The number of H-pyrrole nitrogens is 1. The molecule has 2 heterocycles. The zero-order valence-electron chi connectivity index (χ0n) is 11.4. The van der Waals surface area contributed by atoms with Crippen LogP contribution in [0, 0.1) is 0 Å². The fourth-order valence-corrected chi connectivity index (χ4v) is 2.64. The SMILES string of the molecule is COc1ccc(-n2c(C3CCCNC3)n[nH]c2=O)cc1. The molecule has 0 bridgehead atoms. The molecule has 2 aromatic rings. The first-order valence-corrected chi connectivity index (χ1v) is 6.82. The first kappa shape index (κ1) is 12.9. The first-order chi connectivity index (χ1) is 9.79. The van der Waals surface area contributed by atoms with E-state index in [1.807, 2.05) is 24.3 Å². The van der Waals surface area contributed by atoms with Crippen LogP contribution in [0.5, 0.6) is 5.75 Å². The molecule has 1 aromatic heterocycles. The van der Waals surface area contributed by atoms with Gasteiger partial charge in [0.2, 0.25) is 0 Å². The Morgan fingerprint density at radius 3 is 2.80 bits per heavy atom. The summed E-state index contributed by atoms with van der Waals surface area (Å²) in [6, 6.07) is 7.43. The van der Waals surface area contributed by atoms with Crippen LogP contribution in [0.3, 0.4) is 0 Å². The van der Waals surface area contributed by atoms with Gasteiger partial charge in [-0.25, -0.2) is 14.5 Å². The second-order valence-corrected chi connectivity index (χ2v) is 4.96. The molecule has 0 spiro atoms. The van der Waals surface area contributed by atoms with E-state index in [4.69, 9.17) is 4.74 Å². The van der Waals surface area contributed by atoms with Crippen LogP contribution in [0.25, 0.3) is 5.69 Å². The molecule has 6 heteroatoms. The maximum absolute atomic E-state index is 12.0. The molecule has 3 rings (SSSR count). The van der Waals surface area contributed by atoms with Crippen molar-refractivity contribution in [1.29, 1.82) is 0 Å². The van der Waals surface area contributed by atoms with Gasteiger partial charge in [-0.3, -0.25) is 0 Å². The molecule has 106 valence electrons. The monoisotopic (exact) mass is 274 g/mol. The Balaban J connectivity index is 1.99. The lowest BCUT2D eigenvalue weighted by Gasteiger charge is -2.22. The van der Waals surface area contributed by atoms with Crippen molar-refractivity contribution in [1.82, 2.24) is 20.1 Å². The average Bonchev–Trinajstić information content (AvgIpc) is 2.90. The summed E-state index contributed by atoms with van der Waals surface area (Å²) in [4.78, 5) is 12.0. The summed E-state index contributed by atoms with van der Waals surface area (Å²) in [5.41, 5.74) is 0.612. The molecule has 1 atom stereocenters. The van der Waals surface area contributed by atoms with Crippen LogP contribution in [0.15, 0.2) is 29.1 Å². The van der Waals surface area contributed by atoms with E-state index in [1.54, 1.807) is 11.7 Å². The number of nitrogens with zero attached hydrogens (tertiary/aromatic N) is 2. The quantitative estimate of drug-likeness (QED) is 0.877. The van der Waals surface area contributed by atoms with Gasteiger partial charge >= 0.3 is 5.69 Å². The van der Waals surface area contributed by atoms with Crippen LogP contribution in [0.1, 0.15) is 24.6 Å². The van der Waals surface area contributed by atoms with E-state index < -0.39 is 0 Å². The van der Waals surface area contributed by atoms with Gasteiger partial charge < -0.3 is 10.1 Å². The number of aromatic nitrogens is 3. The Morgan fingerprint density at radius 1 is 1.35 bits per heavy atom. The lowest BCUT2D eigenvalue weighted by atomic mass is 9.99. The summed E-state index contributed by atoms with van der Waals surface area (Å²) in [6.45, 7) is 1.90. The van der Waals surface area contributed by atoms with E-state index in [2.05, 4.69) is 15.5 Å². The van der Waals surface area contributed by atoms with Crippen molar-refractivity contribution < 1.29 is 4.74 Å². The topological polar surface area (TPSA) is 71.9 Å². The summed E-state index contributed by atoms with van der Waals surface area (Å²) in [6.07, 6.45) is 2.15. The largest absolute Gasteiger partial charge is 0.497 e. The number of aromatic amines is 1. The zero-order valence-corrected chi connectivity index (χ0v) is 11.4. The molecule has 6 nitrogen and oxygen atoms in total. The van der Waals surface area contributed by atoms with Crippen molar-refractivity contribution in [3.8, 4) is 11.4 Å². The molecule has 20 heavy (non-hydrogen) atoms. The summed E-state index contributed by atoms with van der Waals surface area (Å²) in [5, 5.41) is 10.1. The van der Waals surface area contributed by atoms with Crippen molar-refractivity contribution in [2.24, 2.45) is 0 Å². The lowest BCUT2D eigenvalue weighted by Crippen LogP contribution is -2.31. The van der Waals surface area contributed by atoms with E-state index in [0.717, 1.165) is 43.2 Å². The zero-order chi connectivity index (χ0) is 13.9. The van der Waals surface area contributed by atoms with Crippen LogP contribution in [0.4, 0.5) is 0 Å². The number of piperidine rings is 1. The summed E-state index contributed by atoms with van der Waals surface area (Å²) in [7, 11) is 1.62. The predicted molar refractivity (Wildman–Crippen MR) is 75.6 cm³/mol. The number of rotatable bonds is 3. The highest BCUT2D eigenvalue weighted by Gasteiger charge is 2.22. The summed E-state index contributed by atoms with van der Waals surface area (Å²) < 4.78 is 6.79. The number of benzene rings is 1. The van der Waals surface area contributed by atoms with Crippen LogP contribution < -0.4 is 15.7 Å². The highest BCUT2D eigenvalue weighted by Crippen LogP contribution is 2.23. The molecule has 1 aliphatic rings. The van der Waals surface area contributed by atoms with Gasteiger partial charge in [-0.05, 0) is 43.7 Å². The molecule has 0 amide bonds. The van der Waals surface area contributed by atoms with E-state index in [0.29, 0.717) is 0 Å². The number of methoxy groups -OCH3 is 1. The third-order valence-electron chi connectivity index (χ3n) is 3.69. The minimum absolute atomic E-state index is 0.198. The maximum Gasteiger partial charge on any atom is 0.347 e. The Morgan fingerprint density at radius 2 is 2.15 bits per heavy atom. The van der Waals surface area contributed by atoms with E-state index in [1.165, 1.54) is 0 Å². The average molecular weight is 274 g/mol. The van der Waals surface area contributed by atoms with Crippen LogP contribution in [-0.4, -0.2) is 35.0 Å². The Bertz CT molecular complexity index is 623. The smallest absolute Gasteiger partial charge is 0.347 e. The van der Waals surface area contributed by atoms with Gasteiger partial charge in [0.25, 0.3) is 0 Å². The molecule has 1 fully saturated rings. The molecular weight excluding hydrogens is 256 g/mol. The first-order valence-electron chi connectivity index (χ1n) is 6.82. The van der Waals surface area contributed by atoms with Gasteiger partial charge in [0.15, 0.2) is 0 Å². The molecule has 0 saturated carbocycles. The molecule has 0 aliphatic carbocycles. The second kappa shape index (κ2) is 5.50. The molecule has 1 aromatic carbocycles. The van der Waals surface area contributed by atoms with E-state index >= 15 is 0 Å². The fraction of sp³-hybridized carbons (Fsp3) is 0.429. The highest BCUT2D eigenvalue weighted by atomic mass is 16.5. The molecule has 2 N–H and O–H groups in total. The Labute approximate surface area is 116 Å². The third-order valence-corrected chi connectivity index (χ3v) is 3.69. The van der Waals surface area contributed by atoms with Crippen molar-refractivity contribution >= 4 is 0 Å². The van der Waals surface area contributed by atoms with Crippen LogP contribution >= 0.6 is 0 Å². The second-order valence-electron chi connectivity index (χ2n) is 4.96. The number of nitrogens with one attached hydrogen (secondary N) is 2. The molecule has 1 saturated heterocycles. The van der Waals surface area contributed by atoms with Gasteiger partial charge in [-0.15, -0.1) is 0 Å². The summed E-state index contributed by atoms with van der Waals surface area (Å²) >= 11 is 0. The van der Waals surface area contributed by atoms with Crippen molar-refractivity contribution in [2.75, 3.05) is 20.2 Å².